The van der Waals surface area contributed by atoms with Gasteiger partial charge in [0.25, 0.3) is 0 Å². The third kappa shape index (κ3) is 5.20. The molecule has 0 fully saturated rings. The van der Waals surface area contributed by atoms with Crippen LogP contribution in [-0.2, 0) is 27.3 Å². The van der Waals surface area contributed by atoms with Gasteiger partial charge >= 0.3 is 5.97 Å². The monoisotopic (exact) mass is 346 g/mol. The van der Waals surface area contributed by atoms with Crippen LogP contribution in [0.4, 0.5) is 0 Å². The van der Waals surface area contributed by atoms with Gasteiger partial charge in [-0.2, -0.15) is 0 Å². The van der Waals surface area contributed by atoms with E-state index in [0.29, 0.717) is 19.4 Å². The van der Waals surface area contributed by atoms with Crippen LogP contribution in [0, 0.1) is 13.8 Å². The van der Waals surface area contributed by atoms with Crippen LogP contribution in [0.2, 0.25) is 0 Å². The summed E-state index contributed by atoms with van der Waals surface area (Å²) < 4.78 is 15.7. The van der Waals surface area contributed by atoms with Crippen LogP contribution in [0.25, 0.3) is 6.08 Å². The molecule has 0 aliphatic carbocycles. The van der Waals surface area contributed by atoms with Gasteiger partial charge in [0, 0.05) is 19.1 Å². The molecule has 0 radical (unpaired) electrons. The fourth-order valence-corrected chi connectivity index (χ4v) is 3.03. The predicted octanol–water partition coefficient (Wildman–Crippen LogP) is 4.54. The lowest BCUT2D eigenvalue weighted by Crippen LogP contribution is -2.06. The molecule has 0 spiro atoms. The number of carbonyl (C=O) groups is 1. The van der Waals surface area contributed by atoms with E-state index in [1.54, 1.807) is 14.2 Å². The first-order valence-corrected chi connectivity index (χ1v) is 8.43. The molecular weight excluding hydrogens is 316 g/mol. The molecule has 25 heavy (non-hydrogen) atoms. The van der Waals surface area contributed by atoms with Crippen LogP contribution < -0.4 is 4.74 Å². The maximum atomic E-state index is 11.3. The van der Waals surface area contributed by atoms with Crippen molar-refractivity contribution in [2.45, 2.75) is 46.6 Å². The average Bonchev–Trinajstić information content (AvgIpc) is 2.61. The topological polar surface area (TPSA) is 44.8 Å². The van der Waals surface area contributed by atoms with Gasteiger partial charge in [-0.1, -0.05) is 24.3 Å². The fraction of sp³-hybridized carbons (Fsp3) is 0.476. The molecule has 0 aliphatic rings. The molecule has 0 amide bonds. The van der Waals surface area contributed by atoms with Crippen LogP contribution in [0.5, 0.6) is 5.75 Å². The molecule has 0 saturated carbocycles. The number of hydrogen-bond acceptors (Lipinski definition) is 4. The molecule has 138 valence electrons. The minimum Gasteiger partial charge on any atom is -0.496 e. The Balaban J connectivity index is 3.20. The third-order valence-corrected chi connectivity index (χ3v) is 4.55. The first-order valence-electron chi connectivity index (χ1n) is 8.43. The Labute approximate surface area is 151 Å². The highest BCUT2D eigenvalue weighted by Crippen LogP contribution is 2.35. The van der Waals surface area contributed by atoms with Crippen molar-refractivity contribution in [2.24, 2.45) is 0 Å². The van der Waals surface area contributed by atoms with Gasteiger partial charge in [-0.3, -0.25) is 4.79 Å². The summed E-state index contributed by atoms with van der Waals surface area (Å²) in [5.74, 6) is 0.711. The Kier molecular flexibility index (Phi) is 8.42. The summed E-state index contributed by atoms with van der Waals surface area (Å²) in [4.78, 5) is 11.3. The van der Waals surface area contributed by atoms with Gasteiger partial charge in [0.1, 0.15) is 5.75 Å². The molecule has 0 N–H and O–H groups in total. The molecular formula is C21H30O4. The van der Waals surface area contributed by atoms with Crippen LogP contribution in [0.15, 0.2) is 18.2 Å². The average molecular weight is 346 g/mol. The first-order chi connectivity index (χ1) is 11.9. The molecule has 0 bridgehead atoms. The van der Waals surface area contributed by atoms with Crippen molar-refractivity contribution in [1.82, 2.24) is 0 Å². The van der Waals surface area contributed by atoms with Crippen LogP contribution in [-0.4, -0.2) is 27.3 Å². The Hall–Kier alpha value is -2.07. The molecule has 0 heterocycles. The van der Waals surface area contributed by atoms with E-state index in [-0.39, 0.29) is 5.97 Å². The molecule has 4 nitrogen and oxygen atoms in total. The molecule has 4 heteroatoms. The van der Waals surface area contributed by atoms with E-state index in [9.17, 15) is 4.79 Å². The quantitative estimate of drug-likeness (QED) is 0.486. The largest absolute Gasteiger partial charge is 0.496 e. The zero-order valence-corrected chi connectivity index (χ0v) is 16.3. The second kappa shape index (κ2) is 10.0. The molecule has 0 saturated heterocycles. The van der Waals surface area contributed by atoms with Gasteiger partial charge < -0.3 is 14.2 Å². The predicted molar refractivity (Wildman–Crippen MR) is 102 cm³/mol. The molecule has 0 unspecified atom stereocenters. The number of allylic oxidation sites excluding steroid dienone is 2. The van der Waals surface area contributed by atoms with Gasteiger partial charge in [0.05, 0.1) is 20.8 Å². The molecule has 0 aliphatic heterocycles. The smallest absolute Gasteiger partial charge is 0.305 e. The summed E-state index contributed by atoms with van der Waals surface area (Å²) in [7, 11) is 4.80. The van der Waals surface area contributed by atoms with E-state index in [2.05, 4.69) is 26.5 Å². The van der Waals surface area contributed by atoms with Crippen molar-refractivity contribution >= 4 is 12.0 Å². The van der Waals surface area contributed by atoms with Crippen molar-refractivity contribution in [3.05, 3.63) is 46.0 Å². The minimum atomic E-state index is -0.185. The summed E-state index contributed by atoms with van der Waals surface area (Å²) >= 11 is 0. The highest BCUT2D eigenvalue weighted by atomic mass is 16.5. The summed E-state index contributed by atoms with van der Waals surface area (Å²) in [6.45, 7) is 10.7. The number of rotatable bonds is 9. The van der Waals surface area contributed by atoms with Gasteiger partial charge in [-0.05, 0) is 55.9 Å². The standard InChI is InChI=1S/C21H30O4/c1-8-17-15(3)18(11-9-14(2)10-12-20(22)24-6)21(25-7)16(4)19(17)13-23-5/h8-9H,1,10-13H2,2-7H3/b14-9+. The third-order valence-electron chi connectivity index (χ3n) is 4.55. The maximum absolute atomic E-state index is 11.3. The van der Waals surface area contributed by atoms with Crippen molar-refractivity contribution in [3.63, 3.8) is 0 Å². The van der Waals surface area contributed by atoms with Crippen LogP contribution in [0.3, 0.4) is 0 Å². The second-order valence-corrected chi connectivity index (χ2v) is 6.12. The zero-order chi connectivity index (χ0) is 19.0. The highest BCUT2D eigenvalue weighted by molar-refractivity contribution is 5.69. The summed E-state index contributed by atoms with van der Waals surface area (Å²) in [6, 6.07) is 0. The van der Waals surface area contributed by atoms with E-state index in [1.807, 2.05) is 13.0 Å². The molecule has 1 rings (SSSR count). The number of carbonyl (C=O) groups excluding carboxylic acids is 1. The van der Waals surface area contributed by atoms with Crippen LogP contribution in [0.1, 0.15) is 47.6 Å². The summed E-state index contributed by atoms with van der Waals surface area (Å²) in [5, 5.41) is 0. The number of methoxy groups -OCH3 is 3. The van der Waals surface area contributed by atoms with Gasteiger partial charge in [-0.25, -0.2) is 0 Å². The van der Waals surface area contributed by atoms with E-state index in [1.165, 1.54) is 7.11 Å². The molecule has 0 atom stereocenters. The Bertz CT molecular complexity index is 657. The summed E-state index contributed by atoms with van der Waals surface area (Å²) in [5.41, 5.74) is 6.76. The fourth-order valence-electron chi connectivity index (χ4n) is 3.03. The van der Waals surface area contributed by atoms with E-state index < -0.39 is 0 Å². The Morgan fingerprint density at radius 3 is 2.28 bits per heavy atom. The number of ether oxygens (including phenoxy) is 3. The zero-order valence-electron chi connectivity index (χ0n) is 16.3. The van der Waals surface area contributed by atoms with Crippen molar-refractivity contribution < 1.29 is 19.0 Å². The number of benzene rings is 1. The normalized spacial score (nSPS) is 11.4. The van der Waals surface area contributed by atoms with Gasteiger partial charge in [0.2, 0.25) is 0 Å². The van der Waals surface area contributed by atoms with E-state index >= 15 is 0 Å². The van der Waals surface area contributed by atoms with Crippen LogP contribution >= 0.6 is 0 Å². The second-order valence-electron chi connectivity index (χ2n) is 6.12. The SMILES string of the molecule is C=Cc1c(C)c(C/C=C(\C)CCC(=O)OC)c(OC)c(C)c1COC. The van der Waals surface area contributed by atoms with E-state index in [4.69, 9.17) is 14.2 Å². The lowest BCUT2D eigenvalue weighted by molar-refractivity contribution is -0.140. The van der Waals surface area contributed by atoms with Crippen molar-refractivity contribution in [3.8, 4) is 5.75 Å². The Morgan fingerprint density at radius 1 is 1.08 bits per heavy atom. The molecule has 0 aromatic heterocycles. The van der Waals surface area contributed by atoms with E-state index in [0.717, 1.165) is 45.6 Å². The first kappa shape index (κ1) is 21.0. The van der Waals surface area contributed by atoms with Gasteiger partial charge in [0.15, 0.2) is 0 Å². The van der Waals surface area contributed by atoms with Crippen molar-refractivity contribution in [1.29, 1.82) is 0 Å². The molecule has 1 aromatic carbocycles. The number of hydrogen-bond donors (Lipinski definition) is 0. The lowest BCUT2D eigenvalue weighted by atomic mass is 9.90. The maximum Gasteiger partial charge on any atom is 0.305 e. The lowest BCUT2D eigenvalue weighted by Gasteiger charge is -2.21. The molecule has 1 aromatic rings. The highest BCUT2D eigenvalue weighted by Gasteiger charge is 2.18. The Morgan fingerprint density at radius 2 is 1.76 bits per heavy atom. The summed E-state index contributed by atoms with van der Waals surface area (Å²) in [6.07, 6.45) is 5.88. The van der Waals surface area contributed by atoms with Crippen molar-refractivity contribution in [2.75, 3.05) is 21.3 Å². The number of esters is 1. The van der Waals surface area contributed by atoms with Gasteiger partial charge in [-0.15, -0.1) is 0 Å². The minimum absolute atomic E-state index is 0.185.